The summed E-state index contributed by atoms with van der Waals surface area (Å²) in [6.07, 6.45) is 1.41. The van der Waals surface area contributed by atoms with E-state index in [9.17, 15) is 9.90 Å². The number of aliphatic hydroxyl groups excluding tert-OH is 1. The maximum atomic E-state index is 12.3. The van der Waals surface area contributed by atoms with E-state index < -0.39 is 20.4 Å². The Kier molecular flexibility index (Phi) is 8.64. The number of carbonyl (C=O) groups excluding carboxylic acids is 1. The molecule has 0 radical (unpaired) electrons. The van der Waals surface area contributed by atoms with Gasteiger partial charge >= 0.3 is 5.97 Å². The molecule has 2 fully saturated rings. The molecule has 6 nitrogen and oxygen atoms in total. The molecule has 1 saturated carbocycles. The molecule has 2 aromatic carbocycles. The van der Waals surface area contributed by atoms with Crippen molar-refractivity contribution < 1.29 is 23.8 Å². The molecular formula is C32H41NO5SSi. The van der Waals surface area contributed by atoms with Crippen LogP contribution in [0.1, 0.15) is 75.5 Å². The minimum Gasteiger partial charge on any atom is -0.458 e. The van der Waals surface area contributed by atoms with Crippen LogP contribution in [0, 0.1) is 11.8 Å². The van der Waals surface area contributed by atoms with Crippen LogP contribution in [-0.2, 0) is 13.9 Å². The lowest BCUT2D eigenvalue weighted by Gasteiger charge is -2.44. The first-order chi connectivity index (χ1) is 19.1. The SMILES string of the molecule is CC(C)OC(=O)c1csc([C@H]2CC[C@@H]3[C@@H](CO[Si](c4ccccc4)(c4ccccc4)C(C)(C)C)[C@H](O)C[C@@H]3O2)n1. The number of fused-ring (bicyclic) bond motifs is 1. The summed E-state index contributed by atoms with van der Waals surface area (Å²) in [5.74, 6) is -0.182. The van der Waals surface area contributed by atoms with Crippen molar-refractivity contribution in [2.45, 2.75) is 83.3 Å². The largest absolute Gasteiger partial charge is 0.458 e. The number of hydrogen-bond acceptors (Lipinski definition) is 7. The van der Waals surface area contributed by atoms with Gasteiger partial charge in [0.2, 0.25) is 0 Å². The van der Waals surface area contributed by atoms with Gasteiger partial charge in [0.15, 0.2) is 5.69 Å². The van der Waals surface area contributed by atoms with Crippen LogP contribution < -0.4 is 10.4 Å². The molecule has 1 aliphatic carbocycles. The van der Waals surface area contributed by atoms with E-state index in [1.807, 2.05) is 13.8 Å². The van der Waals surface area contributed by atoms with Crippen LogP contribution in [0.5, 0.6) is 0 Å². The lowest BCUT2D eigenvalue weighted by atomic mass is 9.87. The van der Waals surface area contributed by atoms with Gasteiger partial charge in [-0.1, -0.05) is 81.4 Å². The molecule has 8 heteroatoms. The first-order valence-corrected chi connectivity index (χ1v) is 17.1. The Bertz CT molecular complexity index is 1240. The van der Waals surface area contributed by atoms with Gasteiger partial charge in [-0.15, -0.1) is 11.3 Å². The number of aromatic nitrogens is 1. The molecule has 5 rings (SSSR count). The lowest BCUT2D eigenvalue weighted by molar-refractivity contribution is -0.0814. The fourth-order valence-electron chi connectivity index (χ4n) is 6.53. The van der Waals surface area contributed by atoms with Crippen molar-refractivity contribution in [2.75, 3.05) is 6.61 Å². The number of aliphatic hydroxyl groups is 1. The molecule has 1 N–H and O–H groups in total. The van der Waals surface area contributed by atoms with Crippen LogP contribution in [-0.4, -0.2) is 49.3 Å². The van der Waals surface area contributed by atoms with Gasteiger partial charge in [-0.25, -0.2) is 9.78 Å². The van der Waals surface area contributed by atoms with Gasteiger partial charge in [-0.2, -0.15) is 0 Å². The summed E-state index contributed by atoms with van der Waals surface area (Å²) in [7, 11) is -2.69. The Morgan fingerprint density at radius 2 is 1.70 bits per heavy atom. The zero-order valence-electron chi connectivity index (χ0n) is 24.1. The van der Waals surface area contributed by atoms with E-state index in [0.717, 1.165) is 17.8 Å². The van der Waals surface area contributed by atoms with Gasteiger partial charge in [-0.05, 0) is 48.0 Å². The van der Waals surface area contributed by atoms with Gasteiger partial charge in [-0.3, -0.25) is 0 Å². The smallest absolute Gasteiger partial charge is 0.358 e. The van der Waals surface area contributed by atoms with Gasteiger partial charge in [0.05, 0.1) is 18.3 Å². The summed E-state index contributed by atoms with van der Waals surface area (Å²) in [6.45, 7) is 11.0. The Morgan fingerprint density at radius 3 is 2.27 bits per heavy atom. The number of ether oxygens (including phenoxy) is 2. The van der Waals surface area contributed by atoms with E-state index in [1.165, 1.54) is 21.7 Å². The third-order valence-electron chi connectivity index (χ3n) is 8.36. The predicted octanol–water partition coefficient (Wildman–Crippen LogP) is 5.50. The average Bonchev–Trinajstić information content (AvgIpc) is 3.53. The van der Waals surface area contributed by atoms with E-state index >= 15 is 0 Å². The van der Waals surface area contributed by atoms with Gasteiger partial charge in [0, 0.05) is 24.3 Å². The first kappa shape index (κ1) is 29.1. The molecule has 1 saturated heterocycles. The zero-order valence-corrected chi connectivity index (χ0v) is 25.9. The van der Waals surface area contributed by atoms with E-state index in [1.54, 1.807) is 5.38 Å². The second-order valence-corrected chi connectivity index (χ2v) is 17.6. The van der Waals surface area contributed by atoms with Gasteiger partial charge < -0.3 is 19.0 Å². The van der Waals surface area contributed by atoms with Crippen LogP contribution in [0.4, 0.5) is 0 Å². The monoisotopic (exact) mass is 579 g/mol. The van der Waals surface area contributed by atoms with E-state index in [2.05, 4.69) is 86.4 Å². The summed E-state index contributed by atoms with van der Waals surface area (Å²) in [5, 5.41) is 16.2. The maximum Gasteiger partial charge on any atom is 0.358 e. The quantitative estimate of drug-likeness (QED) is 0.280. The van der Waals surface area contributed by atoms with Crippen LogP contribution >= 0.6 is 11.3 Å². The Hall–Kier alpha value is -2.36. The highest BCUT2D eigenvalue weighted by atomic mass is 32.1. The van der Waals surface area contributed by atoms with Gasteiger partial charge in [0.1, 0.15) is 11.1 Å². The van der Waals surface area contributed by atoms with E-state index in [-0.39, 0.29) is 35.2 Å². The second kappa shape index (κ2) is 11.9. The van der Waals surface area contributed by atoms with Crippen LogP contribution in [0.15, 0.2) is 66.0 Å². The number of nitrogens with zero attached hydrogens (tertiary/aromatic N) is 1. The minimum atomic E-state index is -2.69. The summed E-state index contributed by atoms with van der Waals surface area (Å²) in [5.41, 5.74) is 0.336. The summed E-state index contributed by atoms with van der Waals surface area (Å²) in [6, 6.07) is 21.3. The van der Waals surface area contributed by atoms with Gasteiger partial charge in [0.25, 0.3) is 8.32 Å². The minimum absolute atomic E-state index is 0.000440. The van der Waals surface area contributed by atoms with Crippen molar-refractivity contribution in [3.05, 3.63) is 76.7 Å². The standard InChI is InChI=1S/C32H41NO5SSi/c1-21(2)37-31(35)26-20-39-30(33-26)28-17-16-24-25(27(34)18-29(24)38-28)19-36-40(32(3,4)5,22-12-8-6-9-13-22)23-14-10-7-11-15-23/h6-15,20-21,24-25,27-29,34H,16-19H2,1-5H3/t24-,25-,27-,28-,29+/m1/s1. The third kappa shape index (κ3) is 5.70. The van der Waals surface area contributed by atoms with Crippen molar-refractivity contribution in [1.29, 1.82) is 0 Å². The fraction of sp³-hybridized carbons (Fsp3) is 0.500. The maximum absolute atomic E-state index is 12.3. The Balaban J connectivity index is 1.34. The molecule has 2 heterocycles. The predicted molar refractivity (Wildman–Crippen MR) is 161 cm³/mol. The topological polar surface area (TPSA) is 77.9 Å². The van der Waals surface area contributed by atoms with Crippen molar-refractivity contribution in [3.63, 3.8) is 0 Å². The third-order valence-corrected chi connectivity index (χ3v) is 14.3. The number of carbonyl (C=O) groups is 1. The molecule has 0 bridgehead atoms. The Morgan fingerprint density at radius 1 is 1.07 bits per heavy atom. The van der Waals surface area contributed by atoms with Crippen LogP contribution in [0.25, 0.3) is 0 Å². The summed E-state index contributed by atoms with van der Waals surface area (Å²) < 4.78 is 19.0. The lowest BCUT2D eigenvalue weighted by Crippen LogP contribution is -2.67. The Labute approximate surface area is 242 Å². The highest BCUT2D eigenvalue weighted by Gasteiger charge is 2.53. The number of thiazole rings is 1. The number of rotatable bonds is 8. The molecule has 1 aliphatic heterocycles. The number of benzene rings is 2. The number of esters is 1. The zero-order chi connectivity index (χ0) is 28.5. The molecule has 2 aliphatic rings. The van der Waals surface area contributed by atoms with Crippen molar-refractivity contribution in [3.8, 4) is 0 Å². The molecule has 3 aromatic rings. The fourth-order valence-corrected chi connectivity index (χ4v) is 12.0. The van der Waals surface area contributed by atoms with E-state index in [0.29, 0.717) is 18.7 Å². The summed E-state index contributed by atoms with van der Waals surface area (Å²) in [4.78, 5) is 16.8. The van der Waals surface area contributed by atoms with E-state index in [4.69, 9.17) is 13.9 Å². The molecule has 0 amide bonds. The number of hydrogen-bond donors (Lipinski definition) is 1. The molecule has 5 atom stereocenters. The molecule has 0 spiro atoms. The highest BCUT2D eigenvalue weighted by Crippen LogP contribution is 2.47. The second-order valence-electron chi connectivity index (χ2n) is 12.4. The average molecular weight is 580 g/mol. The van der Waals surface area contributed by atoms with Crippen molar-refractivity contribution in [2.24, 2.45) is 11.8 Å². The molecule has 0 unspecified atom stereocenters. The van der Waals surface area contributed by atoms with Crippen molar-refractivity contribution in [1.82, 2.24) is 4.98 Å². The van der Waals surface area contributed by atoms with Crippen molar-refractivity contribution >= 4 is 36.0 Å². The highest BCUT2D eigenvalue weighted by molar-refractivity contribution is 7.09. The molecular weight excluding hydrogens is 539 g/mol. The molecule has 214 valence electrons. The van der Waals surface area contributed by atoms with Crippen LogP contribution in [0.2, 0.25) is 5.04 Å². The summed E-state index contributed by atoms with van der Waals surface area (Å²) >= 11 is 1.44. The molecule has 1 aromatic heterocycles. The normalized spacial score (nSPS) is 25.1. The molecule has 40 heavy (non-hydrogen) atoms. The van der Waals surface area contributed by atoms with Crippen LogP contribution in [0.3, 0.4) is 0 Å². The first-order valence-electron chi connectivity index (χ1n) is 14.3.